The predicted octanol–water partition coefficient (Wildman–Crippen LogP) is 2.15. The van der Waals surface area contributed by atoms with Crippen molar-refractivity contribution < 1.29 is 13.2 Å². The molecule has 2 aromatic rings. The van der Waals surface area contributed by atoms with Crippen LogP contribution in [0.25, 0.3) is 0 Å². The van der Waals surface area contributed by atoms with Gasteiger partial charge in [-0.05, 0) is 44.4 Å². The molecular formula is C18H22N4O3S. The van der Waals surface area contributed by atoms with Crippen LogP contribution in [-0.4, -0.2) is 37.3 Å². The maximum absolute atomic E-state index is 12.4. The van der Waals surface area contributed by atoms with Crippen LogP contribution < -0.4 is 9.62 Å². The summed E-state index contributed by atoms with van der Waals surface area (Å²) < 4.78 is 27.3. The minimum absolute atomic E-state index is 0.0124. The fraction of sp³-hybridized carbons (Fsp3) is 0.389. The largest absolute Gasteiger partial charge is 0.357 e. The van der Waals surface area contributed by atoms with E-state index < -0.39 is 10.0 Å². The van der Waals surface area contributed by atoms with Crippen molar-refractivity contribution in [3.05, 3.63) is 47.9 Å². The standard InChI is InChI=1S/C18H22N4O3S/c1-14(23)15-5-7-16(8-6-15)26(24,25)20-13-17-19-10-9-18(21-17)22-11-3-2-4-12-22/h5-10,20H,2-4,11-13H2,1H3. The Bertz CT molecular complexity index is 876. The van der Waals surface area contributed by atoms with E-state index in [2.05, 4.69) is 19.6 Å². The summed E-state index contributed by atoms with van der Waals surface area (Å²) in [4.78, 5) is 22.2. The van der Waals surface area contributed by atoms with E-state index in [0.29, 0.717) is 11.4 Å². The SMILES string of the molecule is CC(=O)c1ccc(S(=O)(=O)NCc2nccc(N3CCCCC3)n2)cc1. The van der Waals surface area contributed by atoms with E-state index in [1.54, 1.807) is 6.20 Å². The van der Waals surface area contributed by atoms with E-state index in [0.717, 1.165) is 31.7 Å². The van der Waals surface area contributed by atoms with Gasteiger partial charge in [-0.25, -0.2) is 23.1 Å². The Morgan fingerprint density at radius 1 is 1.12 bits per heavy atom. The van der Waals surface area contributed by atoms with E-state index in [1.165, 1.54) is 37.6 Å². The van der Waals surface area contributed by atoms with Gasteiger partial charge in [0.1, 0.15) is 11.6 Å². The number of ketones is 1. The maximum Gasteiger partial charge on any atom is 0.240 e. The second kappa shape index (κ2) is 7.92. The lowest BCUT2D eigenvalue weighted by molar-refractivity contribution is 0.101. The Morgan fingerprint density at radius 3 is 2.46 bits per heavy atom. The van der Waals surface area contributed by atoms with Gasteiger partial charge in [0.25, 0.3) is 0 Å². The number of nitrogens with one attached hydrogen (secondary N) is 1. The van der Waals surface area contributed by atoms with E-state index in [9.17, 15) is 13.2 Å². The van der Waals surface area contributed by atoms with Crippen molar-refractivity contribution in [3.8, 4) is 0 Å². The van der Waals surface area contributed by atoms with Crippen LogP contribution in [0.4, 0.5) is 5.82 Å². The van der Waals surface area contributed by atoms with Gasteiger partial charge in [-0.2, -0.15) is 0 Å². The van der Waals surface area contributed by atoms with Gasteiger partial charge in [-0.15, -0.1) is 0 Å². The number of hydrogen-bond acceptors (Lipinski definition) is 6. The molecule has 7 nitrogen and oxygen atoms in total. The molecule has 2 heterocycles. The molecule has 1 fully saturated rings. The van der Waals surface area contributed by atoms with Crippen molar-refractivity contribution in [2.75, 3.05) is 18.0 Å². The van der Waals surface area contributed by atoms with Crippen molar-refractivity contribution in [2.24, 2.45) is 0 Å². The molecule has 1 aliphatic rings. The van der Waals surface area contributed by atoms with Crippen LogP contribution in [0.3, 0.4) is 0 Å². The predicted molar refractivity (Wildman–Crippen MR) is 98.6 cm³/mol. The lowest BCUT2D eigenvalue weighted by atomic mass is 10.1. The Labute approximate surface area is 153 Å². The maximum atomic E-state index is 12.4. The molecule has 0 atom stereocenters. The Morgan fingerprint density at radius 2 is 1.81 bits per heavy atom. The summed E-state index contributed by atoms with van der Waals surface area (Å²) in [5.74, 6) is 1.15. The van der Waals surface area contributed by atoms with Crippen LogP contribution in [0.2, 0.25) is 0 Å². The third-order valence-electron chi connectivity index (χ3n) is 4.36. The number of rotatable bonds is 6. The average molecular weight is 374 g/mol. The molecule has 1 aromatic carbocycles. The summed E-state index contributed by atoms with van der Waals surface area (Å²) in [5.41, 5.74) is 0.474. The van der Waals surface area contributed by atoms with E-state index in [-0.39, 0.29) is 17.2 Å². The first-order valence-electron chi connectivity index (χ1n) is 8.63. The summed E-state index contributed by atoms with van der Waals surface area (Å²) in [6, 6.07) is 7.70. The zero-order valence-electron chi connectivity index (χ0n) is 14.7. The lowest BCUT2D eigenvalue weighted by Crippen LogP contribution is -2.31. The fourth-order valence-corrected chi connectivity index (χ4v) is 3.86. The Hall–Kier alpha value is -2.32. The van der Waals surface area contributed by atoms with Gasteiger partial charge in [0, 0.05) is 24.8 Å². The zero-order valence-corrected chi connectivity index (χ0v) is 15.5. The normalized spacial score (nSPS) is 15.0. The number of benzene rings is 1. The highest BCUT2D eigenvalue weighted by molar-refractivity contribution is 7.89. The Kier molecular flexibility index (Phi) is 5.63. The molecule has 8 heteroatoms. The van der Waals surface area contributed by atoms with Crippen molar-refractivity contribution in [1.82, 2.24) is 14.7 Å². The van der Waals surface area contributed by atoms with Crippen molar-refractivity contribution in [1.29, 1.82) is 0 Å². The fourth-order valence-electron chi connectivity index (χ4n) is 2.88. The van der Waals surface area contributed by atoms with Gasteiger partial charge in [0.2, 0.25) is 10.0 Å². The second-order valence-electron chi connectivity index (χ2n) is 6.28. The summed E-state index contributed by atoms with van der Waals surface area (Å²) >= 11 is 0. The number of hydrogen-bond donors (Lipinski definition) is 1. The van der Waals surface area contributed by atoms with Gasteiger partial charge >= 0.3 is 0 Å². The molecule has 0 unspecified atom stereocenters. The number of piperidine rings is 1. The quantitative estimate of drug-likeness (QED) is 0.779. The van der Waals surface area contributed by atoms with Crippen molar-refractivity contribution in [2.45, 2.75) is 37.6 Å². The van der Waals surface area contributed by atoms with Gasteiger partial charge in [0.15, 0.2) is 5.78 Å². The number of sulfonamides is 1. The number of carbonyl (C=O) groups is 1. The number of nitrogens with zero attached hydrogens (tertiary/aromatic N) is 3. The third-order valence-corrected chi connectivity index (χ3v) is 5.78. The first-order valence-corrected chi connectivity index (χ1v) is 10.1. The molecule has 1 aliphatic heterocycles. The molecule has 0 radical (unpaired) electrons. The molecule has 0 aliphatic carbocycles. The average Bonchev–Trinajstić information content (AvgIpc) is 2.67. The molecule has 0 spiro atoms. The molecule has 3 rings (SSSR count). The first-order chi connectivity index (χ1) is 12.5. The van der Waals surface area contributed by atoms with E-state index >= 15 is 0 Å². The molecule has 0 bridgehead atoms. The smallest absolute Gasteiger partial charge is 0.240 e. The number of anilines is 1. The van der Waals surface area contributed by atoms with Gasteiger partial charge in [-0.1, -0.05) is 12.1 Å². The molecule has 0 amide bonds. The van der Waals surface area contributed by atoms with Crippen molar-refractivity contribution in [3.63, 3.8) is 0 Å². The molecule has 0 saturated carbocycles. The topological polar surface area (TPSA) is 92.3 Å². The summed E-state index contributed by atoms with van der Waals surface area (Å²) in [6.07, 6.45) is 5.17. The number of aromatic nitrogens is 2. The Balaban J connectivity index is 1.68. The van der Waals surface area contributed by atoms with Gasteiger partial charge in [-0.3, -0.25) is 4.79 Å². The highest BCUT2D eigenvalue weighted by Crippen LogP contribution is 2.17. The van der Waals surface area contributed by atoms with Crippen molar-refractivity contribution >= 4 is 21.6 Å². The minimum Gasteiger partial charge on any atom is -0.357 e. The number of carbonyl (C=O) groups excluding carboxylic acids is 1. The van der Waals surface area contributed by atoms with E-state index in [1.807, 2.05) is 6.07 Å². The lowest BCUT2D eigenvalue weighted by Gasteiger charge is -2.27. The van der Waals surface area contributed by atoms with E-state index in [4.69, 9.17) is 0 Å². The summed E-state index contributed by atoms with van der Waals surface area (Å²) in [5, 5.41) is 0. The van der Waals surface area contributed by atoms with Gasteiger partial charge < -0.3 is 4.90 Å². The molecule has 26 heavy (non-hydrogen) atoms. The monoisotopic (exact) mass is 374 g/mol. The van der Waals surface area contributed by atoms with Crippen LogP contribution in [0.15, 0.2) is 41.4 Å². The summed E-state index contributed by atoms with van der Waals surface area (Å²) in [6.45, 7) is 3.38. The second-order valence-corrected chi connectivity index (χ2v) is 8.05. The summed E-state index contributed by atoms with van der Waals surface area (Å²) in [7, 11) is -3.69. The highest BCUT2D eigenvalue weighted by atomic mass is 32.2. The van der Waals surface area contributed by atoms with Crippen LogP contribution in [0.5, 0.6) is 0 Å². The third kappa shape index (κ3) is 4.44. The molecule has 1 N–H and O–H groups in total. The molecule has 1 aromatic heterocycles. The van der Waals surface area contributed by atoms with Crippen LogP contribution in [0.1, 0.15) is 42.4 Å². The van der Waals surface area contributed by atoms with Crippen LogP contribution in [-0.2, 0) is 16.6 Å². The molecule has 138 valence electrons. The van der Waals surface area contributed by atoms with Crippen LogP contribution in [0, 0.1) is 0 Å². The molecule has 1 saturated heterocycles. The zero-order chi connectivity index (χ0) is 18.6. The van der Waals surface area contributed by atoms with Crippen LogP contribution >= 0.6 is 0 Å². The van der Waals surface area contributed by atoms with Gasteiger partial charge in [0.05, 0.1) is 11.4 Å². The first kappa shape index (κ1) is 18.5. The highest BCUT2D eigenvalue weighted by Gasteiger charge is 2.16. The number of Topliss-reactive ketones (excluding diaryl/α,β-unsaturated/α-hetero) is 1. The minimum atomic E-state index is -3.69. The molecular weight excluding hydrogens is 352 g/mol.